The molecule has 1 heterocycles. The Kier molecular flexibility index (Phi) is 2.10. The summed E-state index contributed by atoms with van der Waals surface area (Å²) in [5.74, 6) is -0.312. The summed E-state index contributed by atoms with van der Waals surface area (Å²) in [5, 5.41) is 3.11. The van der Waals surface area contributed by atoms with Crippen LogP contribution < -0.4 is 5.32 Å². The first-order chi connectivity index (χ1) is 6.27. The first-order valence-electron chi connectivity index (χ1n) is 4.30. The fraction of sp³-hybridized carbons (Fsp3) is 0.300. The van der Waals surface area contributed by atoms with Crippen LogP contribution in [-0.4, -0.2) is 12.3 Å². The standard InChI is InChI=1S/C10H10FNO/c11-8-2-1-7-6-12-4-3-10(13)9(7)5-8/h1-2,5,12H,3-4,6H2. The lowest BCUT2D eigenvalue weighted by Crippen LogP contribution is -2.12. The number of hydrogen-bond donors (Lipinski definition) is 1. The van der Waals surface area contributed by atoms with E-state index in [1.165, 1.54) is 12.1 Å². The molecule has 0 saturated heterocycles. The van der Waals surface area contributed by atoms with Gasteiger partial charge in [0.15, 0.2) is 5.78 Å². The second kappa shape index (κ2) is 3.26. The molecule has 68 valence electrons. The molecule has 0 aromatic heterocycles. The van der Waals surface area contributed by atoms with Gasteiger partial charge in [-0.05, 0) is 17.7 Å². The summed E-state index contributed by atoms with van der Waals surface area (Å²) in [4.78, 5) is 11.5. The average Bonchev–Trinajstić information content (AvgIpc) is 2.29. The fourth-order valence-electron chi connectivity index (χ4n) is 1.52. The Morgan fingerprint density at radius 3 is 3.08 bits per heavy atom. The number of benzene rings is 1. The third-order valence-corrected chi connectivity index (χ3v) is 2.22. The molecule has 0 bridgehead atoms. The zero-order chi connectivity index (χ0) is 9.26. The lowest BCUT2D eigenvalue weighted by molar-refractivity contribution is 0.0985. The van der Waals surface area contributed by atoms with Gasteiger partial charge in [-0.15, -0.1) is 0 Å². The highest BCUT2D eigenvalue weighted by Gasteiger charge is 2.15. The first kappa shape index (κ1) is 8.38. The van der Waals surface area contributed by atoms with E-state index in [4.69, 9.17) is 0 Å². The molecule has 0 atom stereocenters. The highest BCUT2D eigenvalue weighted by molar-refractivity contribution is 5.97. The van der Waals surface area contributed by atoms with E-state index in [2.05, 4.69) is 5.32 Å². The molecule has 1 aromatic carbocycles. The summed E-state index contributed by atoms with van der Waals surface area (Å²) in [6, 6.07) is 4.38. The third kappa shape index (κ3) is 1.60. The lowest BCUT2D eigenvalue weighted by Gasteiger charge is -2.02. The number of ketones is 1. The van der Waals surface area contributed by atoms with Crippen LogP contribution in [0.2, 0.25) is 0 Å². The molecular formula is C10H10FNO. The number of carbonyl (C=O) groups is 1. The molecule has 2 nitrogen and oxygen atoms in total. The van der Waals surface area contributed by atoms with Gasteiger partial charge in [0.05, 0.1) is 0 Å². The fourth-order valence-corrected chi connectivity index (χ4v) is 1.52. The summed E-state index contributed by atoms with van der Waals surface area (Å²) in [5.41, 5.74) is 1.42. The number of Topliss-reactive ketones (excluding diaryl/α,β-unsaturated/α-hetero) is 1. The van der Waals surface area contributed by atoms with Crippen molar-refractivity contribution in [2.75, 3.05) is 6.54 Å². The molecule has 0 spiro atoms. The minimum absolute atomic E-state index is 0.0273. The quantitative estimate of drug-likeness (QED) is 0.654. The summed E-state index contributed by atoms with van der Waals surface area (Å²) in [7, 11) is 0. The van der Waals surface area contributed by atoms with Gasteiger partial charge in [0, 0.05) is 25.1 Å². The molecule has 1 N–H and O–H groups in total. The molecule has 3 heteroatoms. The van der Waals surface area contributed by atoms with Crippen molar-refractivity contribution < 1.29 is 9.18 Å². The van der Waals surface area contributed by atoms with Crippen LogP contribution in [0.1, 0.15) is 22.3 Å². The highest BCUT2D eigenvalue weighted by Crippen LogP contribution is 2.15. The number of carbonyl (C=O) groups excluding carboxylic acids is 1. The van der Waals surface area contributed by atoms with E-state index in [0.29, 0.717) is 25.1 Å². The first-order valence-corrected chi connectivity index (χ1v) is 4.30. The Labute approximate surface area is 75.8 Å². The Bertz CT molecular complexity index is 349. The number of halogens is 1. The van der Waals surface area contributed by atoms with Crippen molar-refractivity contribution in [3.8, 4) is 0 Å². The van der Waals surface area contributed by atoms with Gasteiger partial charge in [-0.3, -0.25) is 4.79 Å². The van der Waals surface area contributed by atoms with E-state index in [-0.39, 0.29) is 11.6 Å². The summed E-state index contributed by atoms with van der Waals surface area (Å²) in [6.07, 6.45) is 0.455. The monoisotopic (exact) mass is 179 g/mol. The molecule has 0 unspecified atom stereocenters. The second-order valence-electron chi connectivity index (χ2n) is 3.15. The topological polar surface area (TPSA) is 29.1 Å². The predicted octanol–water partition coefficient (Wildman–Crippen LogP) is 1.50. The number of fused-ring (bicyclic) bond motifs is 1. The number of nitrogens with one attached hydrogen (secondary N) is 1. The molecule has 0 saturated carbocycles. The van der Waals surface area contributed by atoms with Crippen LogP contribution in [-0.2, 0) is 6.54 Å². The Morgan fingerprint density at radius 2 is 2.23 bits per heavy atom. The van der Waals surface area contributed by atoms with Crippen molar-refractivity contribution in [1.82, 2.24) is 5.32 Å². The van der Waals surface area contributed by atoms with E-state index in [1.807, 2.05) is 0 Å². The molecule has 0 amide bonds. The van der Waals surface area contributed by atoms with Gasteiger partial charge < -0.3 is 5.32 Å². The zero-order valence-electron chi connectivity index (χ0n) is 7.14. The second-order valence-corrected chi connectivity index (χ2v) is 3.15. The minimum atomic E-state index is -0.339. The summed E-state index contributed by atoms with van der Waals surface area (Å²) >= 11 is 0. The van der Waals surface area contributed by atoms with Crippen LogP contribution in [0.3, 0.4) is 0 Å². The van der Waals surface area contributed by atoms with Crippen molar-refractivity contribution in [1.29, 1.82) is 0 Å². The van der Waals surface area contributed by atoms with E-state index in [1.54, 1.807) is 6.07 Å². The van der Waals surface area contributed by atoms with Crippen LogP contribution in [0.4, 0.5) is 4.39 Å². The van der Waals surface area contributed by atoms with E-state index >= 15 is 0 Å². The van der Waals surface area contributed by atoms with Gasteiger partial charge in [-0.1, -0.05) is 6.07 Å². The average molecular weight is 179 g/mol. The molecule has 0 fully saturated rings. The zero-order valence-corrected chi connectivity index (χ0v) is 7.14. The number of hydrogen-bond acceptors (Lipinski definition) is 2. The van der Waals surface area contributed by atoms with E-state index < -0.39 is 0 Å². The minimum Gasteiger partial charge on any atom is -0.312 e. The molecule has 13 heavy (non-hydrogen) atoms. The van der Waals surface area contributed by atoms with Crippen LogP contribution in [0.25, 0.3) is 0 Å². The lowest BCUT2D eigenvalue weighted by atomic mass is 10.0. The smallest absolute Gasteiger partial charge is 0.164 e. The third-order valence-electron chi connectivity index (χ3n) is 2.22. The largest absolute Gasteiger partial charge is 0.312 e. The normalized spacial score (nSPS) is 16.5. The summed E-state index contributed by atoms with van der Waals surface area (Å²) in [6.45, 7) is 1.33. The SMILES string of the molecule is O=C1CCNCc2ccc(F)cc21. The molecule has 1 aromatic rings. The van der Waals surface area contributed by atoms with Crippen LogP contribution in [0, 0.1) is 5.82 Å². The number of rotatable bonds is 0. The predicted molar refractivity (Wildman–Crippen MR) is 47.1 cm³/mol. The van der Waals surface area contributed by atoms with Crippen LogP contribution in [0.5, 0.6) is 0 Å². The maximum absolute atomic E-state index is 12.8. The summed E-state index contributed by atoms with van der Waals surface area (Å²) < 4.78 is 12.8. The van der Waals surface area contributed by atoms with Gasteiger partial charge in [-0.2, -0.15) is 0 Å². The molecule has 0 radical (unpaired) electrons. The molecule has 2 rings (SSSR count). The van der Waals surface area contributed by atoms with E-state index in [9.17, 15) is 9.18 Å². The Morgan fingerprint density at radius 1 is 1.38 bits per heavy atom. The van der Waals surface area contributed by atoms with Gasteiger partial charge >= 0.3 is 0 Å². The van der Waals surface area contributed by atoms with Gasteiger partial charge in [0.25, 0.3) is 0 Å². The maximum Gasteiger partial charge on any atom is 0.164 e. The van der Waals surface area contributed by atoms with Crippen molar-refractivity contribution in [2.24, 2.45) is 0 Å². The van der Waals surface area contributed by atoms with Gasteiger partial charge in [-0.25, -0.2) is 4.39 Å². The molecular weight excluding hydrogens is 169 g/mol. The van der Waals surface area contributed by atoms with Crippen molar-refractivity contribution in [3.63, 3.8) is 0 Å². The Balaban J connectivity index is 2.49. The Hall–Kier alpha value is -1.22. The molecule has 1 aliphatic heterocycles. The molecule has 1 aliphatic rings. The van der Waals surface area contributed by atoms with Crippen molar-refractivity contribution in [2.45, 2.75) is 13.0 Å². The van der Waals surface area contributed by atoms with Gasteiger partial charge in [0.2, 0.25) is 0 Å². The van der Waals surface area contributed by atoms with Crippen molar-refractivity contribution in [3.05, 3.63) is 35.1 Å². The van der Waals surface area contributed by atoms with Crippen LogP contribution in [0.15, 0.2) is 18.2 Å². The maximum atomic E-state index is 12.8. The van der Waals surface area contributed by atoms with Crippen molar-refractivity contribution >= 4 is 5.78 Å². The highest BCUT2D eigenvalue weighted by atomic mass is 19.1. The van der Waals surface area contributed by atoms with E-state index in [0.717, 1.165) is 5.56 Å². The van der Waals surface area contributed by atoms with Gasteiger partial charge in [0.1, 0.15) is 5.82 Å². The van der Waals surface area contributed by atoms with Crippen LogP contribution >= 0.6 is 0 Å². The molecule has 0 aliphatic carbocycles.